The van der Waals surface area contributed by atoms with Gasteiger partial charge in [-0.25, -0.2) is 26.3 Å². The highest BCUT2D eigenvalue weighted by molar-refractivity contribution is 4.79. The van der Waals surface area contributed by atoms with Gasteiger partial charge in [0, 0.05) is 0 Å². The first kappa shape index (κ1) is 11.5. The van der Waals surface area contributed by atoms with E-state index in [4.69, 9.17) is 0 Å². The summed E-state index contributed by atoms with van der Waals surface area (Å²) in [6.45, 7) is -1.37. The zero-order chi connectivity index (χ0) is 9.99. The van der Waals surface area contributed by atoms with Gasteiger partial charge in [0.25, 0.3) is 5.92 Å². The Morgan fingerprint density at radius 2 is 1.50 bits per heavy atom. The van der Waals surface area contributed by atoms with E-state index >= 15 is 0 Å². The molecule has 0 amide bonds. The largest absolute Gasteiger partial charge is 0.325 e. The molecule has 0 spiro atoms. The number of halogens is 6. The van der Waals surface area contributed by atoms with Crippen LogP contribution in [0.4, 0.5) is 26.3 Å². The SMILES string of the molecule is NCC(F)(F)CC(F)(F)C(F)F. The van der Waals surface area contributed by atoms with Crippen LogP contribution in [0, 0.1) is 0 Å². The summed E-state index contributed by atoms with van der Waals surface area (Å²) in [7, 11) is 0. The molecular weight excluding hydrogens is 188 g/mol. The fourth-order valence-electron chi connectivity index (χ4n) is 0.494. The van der Waals surface area contributed by atoms with Crippen molar-refractivity contribution in [2.75, 3.05) is 6.54 Å². The third kappa shape index (κ3) is 3.29. The van der Waals surface area contributed by atoms with Crippen molar-refractivity contribution in [1.29, 1.82) is 0 Å². The molecule has 0 aromatic rings. The predicted octanol–water partition coefficient (Wildman–Crippen LogP) is 1.87. The van der Waals surface area contributed by atoms with Crippen LogP contribution in [0.5, 0.6) is 0 Å². The zero-order valence-corrected chi connectivity index (χ0v) is 5.84. The minimum atomic E-state index is -4.68. The van der Waals surface area contributed by atoms with E-state index in [1.165, 1.54) is 0 Å². The first-order valence-corrected chi connectivity index (χ1v) is 2.95. The van der Waals surface area contributed by atoms with Crippen LogP contribution in [0.25, 0.3) is 0 Å². The third-order valence-corrected chi connectivity index (χ3v) is 1.11. The normalized spacial score (nSPS) is 14.0. The van der Waals surface area contributed by atoms with E-state index in [1.54, 1.807) is 0 Å². The van der Waals surface area contributed by atoms with Crippen molar-refractivity contribution >= 4 is 0 Å². The van der Waals surface area contributed by atoms with Crippen molar-refractivity contribution in [3.05, 3.63) is 0 Å². The molecule has 0 heterocycles. The molecule has 0 aliphatic carbocycles. The molecule has 0 saturated heterocycles. The quantitative estimate of drug-likeness (QED) is 0.681. The van der Waals surface area contributed by atoms with Crippen molar-refractivity contribution < 1.29 is 26.3 Å². The summed E-state index contributed by atoms with van der Waals surface area (Å²) in [4.78, 5) is 0. The molecule has 0 atom stereocenters. The summed E-state index contributed by atoms with van der Waals surface area (Å²) in [5, 5.41) is 0. The molecule has 0 rings (SSSR count). The smallest absolute Gasteiger partial charge is 0.313 e. The molecule has 0 aliphatic heterocycles. The summed E-state index contributed by atoms with van der Waals surface area (Å²) in [5.74, 6) is -8.62. The van der Waals surface area contributed by atoms with E-state index in [2.05, 4.69) is 5.73 Å². The number of alkyl halides is 6. The summed E-state index contributed by atoms with van der Waals surface area (Å²) in [5.41, 5.74) is 4.39. The number of hydrogen-bond acceptors (Lipinski definition) is 1. The second kappa shape index (κ2) is 3.51. The topological polar surface area (TPSA) is 26.0 Å². The maximum absolute atomic E-state index is 12.1. The average Bonchev–Trinajstić information content (AvgIpc) is 1.85. The van der Waals surface area contributed by atoms with Crippen LogP contribution in [0.15, 0.2) is 0 Å². The van der Waals surface area contributed by atoms with Crippen molar-refractivity contribution in [3.63, 3.8) is 0 Å². The van der Waals surface area contributed by atoms with Gasteiger partial charge < -0.3 is 5.73 Å². The Labute approximate surface area is 64.5 Å². The highest BCUT2D eigenvalue weighted by Crippen LogP contribution is 2.34. The Bertz CT molecular complexity index is 145. The first-order valence-electron chi connectivity index (χ1n) is 2.95. The summed E-state index contributed by atoms with van der Waals surface area (Å²) in [6.07, 6.45) is -6.30. The molecule has 74 valence electrons. The molecule has 2 N–H and O–H groups in total. The second-order valence-corrected chi connectivity index (χ2v) is 2.30. The van der Waals surface area contributed by atoms with Crippen LogP contribution < -0.4 is 5.73 Å². The third-order valence-electron chi connectivity index (χ3n) is 1.11. The fraction of sp³-hybridized carbons (Fsp3) is 1.00. The van der Waals surface area contributed by atoms with Crippen molar-refractivity contribution in [3.8, 4) is 0 Å². The number of nitrogens with two attached hydrogens (primary N) is 1. The van der Waals surface area contributed by atoms with Gasteiger partial charge in [0.1, 0.15) is 0 Å². The van der Waals surface area contributed by atoms with Gasteiger partial charge in [0.2, 0.25) is 0 Å². The van der Waals surface area contributed by atoms with Gasteiger partial charge in [-0.15, -0.1) is 0 Å². The molecule has 0 unspecified atom stereocenters. The van der Waals surface area contributed by atoms with Gasteiger partial charge >= 0.3 is 12.3 Å². The minimum Gasteiger partial charge on any atom is -0.325 e. The van der Waals surface area contributed by atoms with E-state index in [9.17, 15) is 26.3 Å². The van der Waals surface area contributed by atoms with Crippen LogP contribution in [0.3, 0.4) is 0 Å². The van der Waals surface area contributed by atoms with E-state index in [0.717, 1.165) is 0 Å². The van der Waals surface area contributed by atoms with Gasteiger partial charge in [0.15, 0.2) is 0 Å². The molecule has 0 aliphatic rings. The predicted molar refractivity (Wildman–Crippen MR) is 29.6 cm³/mol. The Morgan fingerprint density at radius 3 is 1.75 bits per heavy atom. The maximum atomic E-state index is 12.1. The molecule has 0 saturated carbocycles. The lowest BCUT2D eigenvalue weighted by Crippen LogP contribution is -2.39. The number of hydrogen-bond donors (Lipinski definition) is 1. The van der Waals surface area contributed by atoms with Gasteiger partial charge in [-0.1, -0.05) is 0 Å². The average molecular weight is 195 g/mol. The van der Waals surface area contributed by atoms with Crippen molar-refractivity contribution in [1.82, 2.24) is 0 Å². The molecule has 0 radical (unpaired) electrons. The van der Waals surface area contributed by atoms with Crippen LogP contribution in [-0.2, 0) is 0 Å². The fourth-order valence-corrected chi connectivity index (χ4v) is 0.494. The van der Waals surface area contributed by atoms with Crippen molar-refractivity contribution in [2.45, 2.75) is 24.7 Å². The lowest BCUT2D eigenvalue weighted by atomic mass is 10.1. The Hall–Kier alpha value is -0.460. The molecular formula is C5H7F6N. The Balaban J connectivity index is 4.23. The van der Waals surface area contributed by atoms with Gasteiger partial charge in [-0.2, -0.15) is 0 Å². The molecule has 0 aromatic carbocycles. The van der Waals surface area contributed by atoms with Crippen molar-refractivity contribution in [2.24, 2.45) is 5.73 Å². The van der Waals surface area contributed by atoms with Crippen LogP contribution in [0.1, 0.15) is 6.42 Å². The minimum absolute atomic E-state index is 1.37. The van der Waals surface area contributed by atoms with Gasteiger partial charge in [0.05, 0.1) is 13.0 Å². The summed E-state index contributed by atoms with van der Waals surface area (Å²) < 4.78 is 70.7. The van der Waals surface area contributed by atoms with Gasteiger partial charge in [-0.3, -0.25) is 0 Å². The first-order chi connectivity index (χ1) is 5.21. The van der Waals surface area contributed by atoms with Crippen LogP contribution >= 0.6 is 0 Å². The molecule has 12 heavy (non-hydrogen) atoms. The summed E-state index contributed by atoms with van der Waals surface area (Å²) in [6, 6.07) is 0. The standard InChI is InChI=1S/C5H7F6N/c6-3(7)5(10,11)1-4(8,9)2-12/h3H,1-2,12H2. The van der Waals surface area contributed by atoms with E-state index in [0.29, 0.717) is 0 Å². The molecule has 1 nitrogen and oxygen atoms in total. The highest BCUT2D eigenvalue weighted by Gasteiger charge is 2.49. The Morgan fingerprint density at radius 1 is 1.08 bits per heavy atom. The number of rotatable bonds is 4. The zero-order valence-electron chi connectivity index (χ0n) is 5.84. The summed E-state index contributed by atoms with van der Waals surface area (Å²) >= 11 is 0. The van der Waals surface area contributed by atoms with E-state index < -0.39 is 31.2 Å². The van der Waals surface area contributed by atoms with Gasteiger partial charge in [-0.05, 0) is 0 Å². The van der Waals surface area contributed by atoms with Crippen LogP contribution in [0.2, 0.25) is 0 Å². The van der Waals surface area contributed by atoms with E-state index in [1.807, 2.05) is 0 Å². The van der Waals surface area contributed by atoms with E-state index in [-0.39, 0.29) is 0 Å². The highest BCUT2D eigenvalue weighted by atomic mass is 19.3. The van der Waals surface area contributed by atoms with Crippen LogP contribution in [-0.4, -0.2) is 24.8 Å². The lowest BCUT2D eigenvalue weighted by Gasteiger charge is -2.20. The Kier molecular flexibility index (Phi) is 3.37. The molecule has 0 fully saturated rings. The molecule has 0 aromatic heterocycles. The molecule has 0 bridgehead atoms. The monoisotopic (exact) mass is 195 g/mol. The maximum Gasteiger partial charge on any atom is 0.313 e. The lowest BCUT2D eigenvalue weighted by molar-refractivity contribution is -0.176. The second-order valence-electron chi connectivity index (χ2n) is 2.30. The molecule has 7 heteroatoms.